The van der Waals surface area contributed by atoms with Crippen LogP contribution in [0.2, 0.25) is 5.15 Å². The molecule has 0 N–H and O–H groups in total. The molecule has 0 saturated carbocycles. The molecule has 2 aliphatic heterocycles. The van der Waals surface area contributed by atoms with E-state index in [0.29, 0.717) is 17.8 Å². The van der Waals surface area contributed by atoms with Crippen molar-refractivity contribution in [2.24, 2.45) is 5.41 Å². The number of fused-ring (bicyclic) bond motifs is 2. The van der Waals surface area contributed by atoms with Crippen molar-refractivity contribution in [3.63, 3.8) is 0 Å². The zero-order chi connectivity index (χ0) is 26.9. The molecular formula is C29H29ClF3N3O2. The number of nitrogens with zero attached hydrogens (tertiary/aromatic N) is 3. The fourth-order valence-electron chi connectivity index (χ4n) is 5.59. The number of rotatable bonds is 5. The molecule has 200 valence electrons. The van der Waals surface area contributed by atoms with Crippen molar-refractivity contribution in [2.75, 3.05) is 26.2 Å². The maximum atomic E-state index is 13.5. The minimum absolute atomic E-state index is 0.0469. The van der Waals surface area contributed by atoms with E-state index >= 15 is 0 Å². The van der Waals surface area contributed by atoms with Crippen LogP contribution in [0.15, 0.2) is 72.1 Å². The molecule has 0 radical (unpaired) electrons. The van der Waals surface area contributed by atoms with Gasteiger partial charge in [-0.1, -0.05) is 59.7 Å². The smallest absolute Gasteiger partial charge is 0.308 e. The number of hydrogen-bond acceptors (Lipinski definition) is 4. The number of piperidine rings is 1. The molecule has 5 rings (SSSR count). The molecule has 2 aromatic rings. The number of alkyl halides is 3. The first-order valence-electron chi connectivity index (χ1n) is 12.7. The minimum Gasteiger partial charge on any atom is -0.308 e. The van der Waals surface area contributed by atoms with Gasteiger partial charge in [0.05, 0.1) is 6.10 Å². The molecule has 0 bridgehead atoms. The van der Waals surface area contributed by atoms with Crippen molar-refractivity contribution in [1.29, 1.82) is 0 Å². The highest BCUT2D eigenvalue weighted by molar-refractivity contribution is 6.29. The molecule has 1 amide bonds. The summed E-state index contributed by atoms with van der Waals surface area (Å²) in [5.41, 5.74) is 3.79. The van der Waals surface area contributed by atoms with Crippen LogP contribution in [0.5, 0.6) is 0 Å². The number of likely N-dealkylation sites (tertiary alicyclic amines) is 2. The van der Waals surface area contributed by atoms with E-state index in [1.54, 1.807) is 23.1 Å². The average Bonchev–Trinajstić information content (AvgIpc) is 3.18. The lowest BCUT2D eigenvalue weighted by Gasteiger charge is -2.40. The number of aromatic nitrogens is 1. The normalized spacial score (nSPS) is 21.5. The summed E-state index contributed by atoms with van der Waals surface area (Å²) in [6, 6.07) is 11.4. The molecule has 2 fully saturated rings. The summed E-state index contributed by atoms with van der Waals surface area (Å²) in [4.78, 5) is 21.5. The Labute approximate surface area is 225 Å². The van der Waals surface area contributed by atoms with Gasteiger partial charge in [0.1, 0.15) is 5.15 Å². The number of pyridine rings is 1. The quantitative estimate of drug-likeness (QED) is 0.409. The molecule has 3 heterocycles. The first-order valence-corrected chi connectivity index (χ1v) is 13.1. The van der Waals surface area contributed by atoms with Gasteiger partial charge in [0, 0.05) is 36.0 Å². The van der Waals surface area contributed by atoms with Gasteiger partial charge < -0.3 is 4.90 Å². The second-order valence-electron chi connectivity index (χ2n) is 10.2. The number of aryl methyl sites for hydroxylation is 1. The Hall–Kier alpha value is -2.94. The fourth-order valence-corrected chi connectivity index (χ4v) is 5.76. The second-order valence-corrected chi connectivity index (χ2v) is 10.5. The van der Waals surface area contributed by atoms with Gasteiger partial charge in [-0.15, -0.1) is 13.2 Å². The first kappa shape index (κ1) is 26.7. The van der Waals surface area contributed by atoms with Gasteiger partial charge in [0.2, 0.25) is 0 Å². The molecule has 3 aliphatic rings. The van der Waals surface area contributed by atoms with Gasteiger partial charge in [-0.25, -0.2) is 4.98 Å². The molecule has 1 atom stereocenters. The molecule has 9 heteroatoms. The van der Waals surface area contributed by atoms with Crippen LogP contribution in [0.25, 0.3) is 6.08 Å². The maximum absolute atomic E-state index is 13.5. The SMILES string of the molecule is Cc1ccc(/C=C/CN2CCC3(CC2)CN(C(=O)c2ccnc(Cl)c2)C2=CCC(OC(F)(F)F)C=C23)cc1. The van der Waals surface area contributed by atoms with E-state index < -0.39 is 17.9 Å². The molecule has 1 spiro atoms. The van der Waals surface area contributed by atoms with Crippen LogP contribution in [-0.2, 0) is 4.74 Å². The van der Waals surface area contributed by atoms with Gasteiger partial charge in [-0.3, -0.25) is 14.4 Å². The Morgan fingerprint density at radius 3 is 2.63 bits per heavy atom. The molecule has 1 aromatic heterocycles. The van der Waals surface area contributed by atoms with E-state index in [1.165, 1.54) is 17.8 Å². The predicted molar refractivity (Wildman–Crippen MR) is 140 cm³/mol. The van der Waals surface area contributed by atoms with Crippen LogP contribution in [0.4, 0.5) is 13.2 Å². The number of halogens is 4. The van der Waals surface area contributed by atoms with E-state index in [1.807, 2.05) is 0 Å². The van der Waals surface area contributed by atoms with Crippen molar-refractivity contribution >= 4 is 23.6 Å². The summed E-state index contributed by atoms with van der Waals surface area (Å²) in [6.45, 7) is 4.80. The largest absolute Gasteiger partial charge is 0.523 e. The summed E-state index contributed by atoms with van der Waals surface area (Å²) < 4.78 is 43.4. The molecule has 1 aromatic carbocycles. The Bertz CT molecular complexity index is 1280. The zero-order valence-corrected chi connectivity index (χ0v) is 21.8. The van der Waals surface area contributed by atoms with Crippen LogP contribution in [0, 0.1) is 12.3 Å². The highest BCUT2D eigenvalue weighted by atomic mass is 35.5. The molecule has 1 aliphatic carbocycles. The van der Waals surface area contributed by atoms with Crippen LogP contribution >= 0.6 is 11.6 Å². The average molecular weight is 544 g/mol. The van der Waals surface area contributed by atoms with Crippen molar-refractivity contribution in [2.45, 2.75) is 38.7 Å². The summed E-state index contributed by atoms with van der Waals surface area (Å²) in [5.74, 6) is -0.234. The van der Waals surface area contributed by atoms with Gasteiger partial charge >= 0.3 is 6.36 Å². The Kier molecular flexibility index (Phi) is 7.49. The highest BCUT2D eigenvalue weighted by Gasteiger charge is 2.50. The number of carbonyl (C=O) groups is 1. The van der Waals surface area contributed by atoms with E-state index in [4.69, 9.17) is 11.6 Å². The number of allylic oxidation sites excluding steroid dienone is 1. The van der Waals surface area contributed by atoms with Crippen molar-refractivity contribution in [3.8, 4) is 0 Å². The maximum Gasteiger partial charge on any atom is 0.523 e. The number of carbonyl (C=O) groups excluding carboxylic acids is 1. The third kappa shape index (κ3) is 5.87. The van der Waals surface area contributed by atoms with Crippen LogP contribution in [0.3, 0.4) is 0 Å². The Morgan fingerprint density at radius 1 is 1.21 bits per heavy atom. The standard InChI is InChI=1S/C29H29ClF3N3O2/c1-20-4-6-21(7-5-20)3-2-14-35-15-11-28(12-16-35)19-36(27(37)22-10-13-34-26(30)17-22)25-9-8-23(18-24(25)28)38-29(31,32)33/h2-7,9-10,13,17-18,23H,8,11-12,14-16,19H2,1H3/b3-2+. The number of amides is 1. The lowest BCUT2D eigenvalue weighted by Crippen LogP contribution is -2.43. The molecule has 1 unspecified atom stereocenters. The van der Waals surface area contributed by atoms with E-state index in [2.05, 4.69) is 58.0 Å². The van der Waals surface area contributed by atoms with Gasteiger partial charge in [-0.2, -0.15) is 0 Å². The van der Waals surface area contributed by atoms with Crippen molar-refractivity contribution in [1.82, 2.24) is 14.8 Å². The van der Waals surface area contributed by atoms with Gasteiger partial charge in [0.25, 0.3) is 5.91 Å². The lowest BCUT2D eigenvalue weighted by molar-refractivity contribution is -0.336. The van der Waals surface area contributed by atoms with Crippen molar-refractivity contribution in [3.05, 3.63) is 93.9 Å². The second kappa shape index (κ2) is 10.7. The van der Waals surface area contributed by atoms with E-state index in [9.17, 15) is 18.0 Å². The summed E-state index contributed by atoms with van der Waals surface area (Å²) in [6.07, 6.45) is 4.68. The zero-order valence-electron chi connectivity index (χ0n) is 21.0. The van der Waals surface area contributed by atoms with Crippen LogP contribution in [-0.4, -0.2) is 59.3 Å². The minimum atomic E-state index is -4.73. The third-order valence-electron chi connectivity index (χ3n) is 7.56. The Morgan fingerprint density at radius 2 is 1.95 bits per heavy atom. The molecular weight excluding hydrogens is 515 g/mol. The number of ether oxygens (including phenoxy) is 1. The molecule has 5 nitrogen and oxygen atoms in total. The van der Waals surface area contributed by atoms with Crippen LogP contribution < -0.4 is 0 Å². The molecule has 2 saturated heterocycles. The van der Waals surface area contributed by atoms with E-state index in [-0.39, 0.29) is 17.5 Å². The monoisotopic (exact) mass is 543 g/mol. The summed E-state index contributed by atoms with van der Waals surface area (Å²) in [7, 11) is 0. The summed E-state index contributed by atoms with van der Waals surface area (Å²) in [5, 5.41) is 0.212. The highest BCUT2D eigenvalue weighted by Crippen LogP contribution is 2.51. The number of hydrogen-bond donors (Lipinski definition) is 0. The van der Waals surface area contributed by atoms with Crippen LogP contribution in [0.1, 0.15) is 40.7 Å². The van der Waals surface area contributed by atoms with Gasteiger partial charge in [-0.05, 0) is 68.6 Å². The fraction of sp³-hybridized carbons (Fsp3) is 0.379. The van der Waals surface area contributed by atoms with E-state index in [0.717, 1.165) is 43.6 Å². The third-order valence-corrected chi connectivity index (χ3v) is 7.77. The lowest BCUT2D eigenvalue weighted by atomic mass is 9.72. The predicted octanol–water partition coefficient (Wildman–Crippen LogP) is 6.41. The first-order chi connectivity index (χ1) is 18.1. The van der Waals surface area contributed by atoms with Gasteiger partial charge in [0.15, 0.2) is 0 Å². The topological polar surface area (TPSA) is 45.7 Å². The van der Waals surface area contributed by atoms with Crippen molar-refractivity contribution < 1.29 is 22.7 Å². The number of benzene rings is 1. The Balaban J connectivity index is 1.34. The molecule has 38 heavy (non-hydrogen) atoms. The summed E-state index contributed by atoms with van der Waals surface area (Å²) >= 11 is 6.02.